The molecule has 0 unspecified atom stereocenters. The van der Waals surface area contributed by atoms with Crippen LogP contribution in [0.3, 0.4) is 0 Å². The van der Waals surface area contributed by atoms with Crippen molar-refractivity contribution in [2.45, 2.75) is 129 Å². The number of nitriles is 1. The molecule has 212 valence electrons. The molecule has 39 heavy (non-hydrogen) atoms. The minimum atomic E-state index is -0.257. The molecule has 1 fully saturated rings. The van der Waals surface area contributed by atoms with Gasteiger partial charge < -0.3 is 4.74 Å². The Labute approximate surface area is 236 Å². The number of hydrogen-bond acceptors (Lipinski definition) is 5. The van der Waals surface area contributed by atoms with E-state index in [0.29, 0.717) is 11.6 Å². The van der Waals surface area contributed by atoms with E-state index in [1.54, 1.807) is 0 Å². The highest BCUT2D eigenvalue weighted by atomic mass is 16.5. The summed E-state index contributed by atoms with van der Waals surface area (Å²) in [6.45, 7) is 4.48. The third-order valence-corrected chi connectivity index (χ3v) is 8.38. The number of ether oxygens (including phenoxy) is 1. The Morgan fingerprint density at radius 2 is 1.44 bits per heavy atom. The van der Waals surface area contributed by atoms with Crippen LogP contribution in [-0.2, 0) is 11.2 Å². The Bertz CT molecular complexity index is 1000. The van der Waals surface area contributed by atoms with Gasteiger partial charge in [0, 0.05) is 18.0 Å². The zero-order valence-corrected chi connectivity index (χ0v) is 24.4. The molecule has 0 amide bonds. The standard InChI is InChI=1S/C34H49N3O2/c1-3-5-7-9-11-13-15-28-25-36-32(37-26-28)29-16-18-31(19-17-29)39-33(38)30-20-23-34(27-35,24-21-30)22-14-12-10-8-6-4-2/h16-19,25-26,30H,3-15,20-24H2,1-2H3. The second-order valence-corrected chi connectivity index (χ2v) is 11.6. The summed E-state index contributed by atoms with van der Waals surface area (Å²) in [5.74, 6) is 0.931. The summed E-state index contributed by atoms with van der Waals surface area (Å²) >= 11 is 0. The van der Waals surface area contributed by atoms with Crippen molar-refractivity contribution in [3.63, 3.8) is 0 Å². The van der Waals surface area contributed by atoms with Gasteiger partial charge in [-0.05, 0) is 74.8 Å². The number of aryl methyl sites for hydroxylation is 1. The predicted octanol–water partition coefficient (Wildman–Crippen LogP) is 9.40. The summed E-state index contributed by atoms with van der Waals surface area (Å²) in [4.78, 5) is 22.0. The van der Waals surface area contributed by atoms with E-state index in [2.05, 4.69) is 29.9 Å². The maximum atomic E-state index is 12.9. The van der Waals surface area contributed by atoms with Crippen LogP contribution in [0, 0.1) is 22.7 Å². The number of carbonyl (C=O) groups excluding carboxylic acids is 1. The highest BCUT2D eigenvalue weighted by Gasteiger charge is 2.38. The number of unbranched alkanes of at least 4 members (excludes halogenated alkanes) is 10. The van der Waals surface area contributed by atoms with E-state index in [1.807, 2.05) is 36.7 Å². The zero-order chi connectivity index (χ0) is 27.8. The van der Waals surface area contributed by atoms with Crippen LogP contribution < -0.4 is 4.74 Å². The summed E-state index contributed by atoms with van der Waals surface area (Å²) in [6, 6.07) is 10.1. The van der Waals surface area contributed by atoms with Crippen molar-refractivity contribution in [2.75, 3.05) is 0 Å². The number of esters is 1. The highest BCUT2D eigenvalue weighted by molar-refractivity contribution is 5.75. The molecule has 1 aromatic heterocycles. The molecule has 0 N–H and O–H groups in total. The van der Waals surface area contributed by atoms with Gasteiger partial charge in [0.15, 0.2) is 5.82 Å². The van der Waals surface area contributed by atoms with Crippen molar-refractivity contribution in [2.24, 2.45) is 11.3 Å². The van der Waals surface area contributed by atoms with Crippen molar-refractivity contribution in [1.82, 2.24) is 9.97 Å². The summed E-state index contributed by atoms with van der Waals surface area (Å²) in [5, 5.41) is 9.88. The van der Waals surface area contributed by atoms with Crippen LogP contribution in [0.4, 0.5) is 0 Å². The minimum absolute atomic E-state index is 0.127. The lowest BCUT2D eigenvalue weighted by atomic mass is 9.69. The number of aromatic nitrogens is 2. The van der Waals surface area contributed by atoms with Gasteiger partial charge in [0.2, 0.25) is 0 Å². The predicted molar refractivity (Wildman–Crippen MR) is 158 cm³/mol. The molecule has 0 radical (unpaired) electrons. The molecule has 5 heteroatoms. The number of carbonyl (C=O) groups is 1. The molecule has 1 aliphatic carbocycles. The smallest absolute Gasteiger partial charge is 0.314 e. The number of nitrogens with zero attached hydrogens (tertiary/aromatic N) is 3. The molecule has 0 aliphatic heterocycles. The quantitative estimate of drug-likeness (QED) is 0.115. The Morgan fingerprint density at radius 3 is 2.03 bits per heavy atom. The van der Waals surface area contributed by atoms with Crippen molar-refractivity contribution in [1.29, 1.82) is 5.26 Å². The van der Waals surface area contributed by atoms with Crippen LogP contribution in [0.25, 0.3) is 11.4 Å². The van der Waals surface area contributed by atoms with E-state index in [1.165, 1.54) is 76.2 Å². The van der Waals surface area contributed by atoms with E-state index in [0.717, 1.165) is 50.5 Å². The van der Waals surface area contributed by atoms with Gasteiger partial charge in [0.25, 0.3) is 0 Å². The first-order chi connectivity index (χ1) is 19.1. The topological polar surface area (TPSA) is 75.9 Å². The van der Waals surface area contributed by atoms with Gasteiger partial charge in [-0.15, -0.1) is 0 Å². The van der Waals surface area contributed by atoms with E-state index in [4.69, 9.17) is 4.74 Å². The van der Waals surface area contributed by atoms with Gasteiger partial charge in [-0.25, -0.2) is 9.97 Å². The lowest BCUT2D eigenvalue weighted by Gasteiger charge is -2.34. The second kappa shape index (κ2) is 17.1. The molecule has 0 spiro atoms. The molecule has 0 saturated heterocycles. The maximum absolute atomic E-state index is 12.9. The zero-order valence-electron chi connectivity index (χ0n) is 24.4. The molecule has 0 bridgehead atoms. The number of rotatable bonds is 17. The lowest BCUT2D eigenvalue weighted by molar-refractivity contribution is -0.140. The molecule has 1 saturated carbocycles. The van der Waals surface area contributed by atoms with Crippen LogP contribution >= 0.6 is 0 Å². The molecule has 5 nitrogen and oxygen atoms in total. The summed E-state index contributed by atoms with van der Waals surface area (Å²) in [5.41, 5.74) is 1.83. The Hall–Kier alpha value is -2.74. The molecule has 1 heterocycles. The molecule has 3 rings (SSSR count). The first-order valence-electron chi connectivity index (χ1n) is 15.6. The molecule has 1 aromatic carbocycles. The maximum Gasteiger partial charge on any atom is 0.314 e. The molecule has 0 atom stereocenters. The fourth-order valence-electron chi connectivity index (χ4n) is 5.68. The number of benzene rings is 1. The average Bonchev–Trinajstić information content (AvgIpc) is 2.98. The minimum Gasteiger partial charge on any atom is -0.426 e. The van der Waals surface area contributed by atoms with Crippen molar-refractivity contribution in [3.8, 4) is 23.2 Å². The third-order valence-electron chi connectivity index (χ3n) is 8.38. The van der Waals surface area contributed by atoms with Crippen LogP contribution in [0.1, 0.15) is 129 Å². The summed E-state index contributed by atoms with van der Waals surface area (Å²) in [7, 11) is 0. The first kappa shape index (κ1) is 30.8. The lowest BCUT2D eigenvalue weighted by Crippen LogP contribution is -2.31. The largest absolute Gasteiger partial charge is 0.426 e. The van der Waals surface area contributed by atoms with E-state index < -0.39 is 0 Å². The summed E-state index contributed by atoms with van der Waals surface area (Å²) in [6.07, 6.45) is 24.0. The first-order valence-corrected chi connectivity index (χ1v) is 15.6. The molecule has 1 aliphatic rings. The normalized spacial score (nSPS) is 18.9. The Kier molecular flexibility index (Phi) is 13.5. The fourth-order valence-corrected chi connectivity index (χ4v) is 5.68. The fraction of sp³-hybridized carbons (Fsp3) is 0.647. The van der Waals surface area contributed by atoms with Gasteiger partial charge in [-0.2, -0.15) is 5.26 Å². The SMILES string of the molecule is CCCCCCCCc1cnc(-c2ccc(OC(=O)C3CCC(C#N)(CCCCCCCC)CC3)cc2)nc1. The van der Waals surface area contributed by atoms with Gasteiger partial charge in [-0.3, -0.25) is 4.79 Å². The van der Waals surface area contributed by atoms with Crippen molar-refractivity contribution >= 4 is 5.97 Å². The average molecular weight is 532 g/mol. The van der Waals surface area contributed by atoms with E-state index in [-0.39, 0.29) is 17.3 Å². The van der Waals surface area contributed by atoms with Crippen LogP contribution in [0.5, 0.6) is 5.75 Å². The summed E-state index contributed by atoms with van der Waals surface area (Å²) < 4.78 is 5.72. The van der Waals surface area contributed by atoms with E-state index in [9.17, 15) is 10.1 Å². The third kappa shape index (κ3) is 10.4. The Morgan fingerprint density at radius 1 is 0.872 bits per heavy atom. The van der Waals surface area contributed by atoms with Crippen LogP contribution in [0.15, 0.2) is 36.7 Å². The van der Waals surface area contributed by atoms with Gasteiger partial charge >= 0.3 is 5.97 Å². The van der Waals surface area contributed by atoms with Gasteiger partial charge in [-0.1, -0.05) is 84.5 Å². The monoisotopic (exact) mass is 531 g/mol. The molecule has 2 aromatic rings. The van der Waals surface area contributed by atoms with E-state index >= 15 is 0 Å². The second-order valence-electron chi connectivity index (χ2n) is 11.6. The highest BCUT2D eigenvalue weighted by Crippen LogP contribution is 2.43. The number of hydrogen-bond donors (Lipinski definition) is 0. The van der Waals surface area contributed by atoms with Crippen LogP contribution in [-0.4, -0.2) is 15.9 Å². The van der Waals surface area contributed by atoms with Crippen molar-refractivity contribution in [3.05, 3.63) is 42.2 Å². The molecular formula is C34H49N3O2. The molecular weight excluding hydrogens is 482 g/mol. The van der Waals surface area contributed by atoms with Crippen LogP contribution in [0.2, 0.25) is 0 Å². The van der Waals surface area contributed by atoms with Gasteiger partial charge in [0.1, 0.15) is 5.75 Å². The Balaban J connectivity index is 1.41. The van der Waals surface area contributed by atoms with Crippen molar-refractivity contribution < 1.29 is 9.53 Å². The van der Waals surface area contributed by atoms with Gasteiger partial charge in [0.05, 0.1) is 17.4 Å².